The minimum Gasteiger partial charge on any atom is -0.456 e. The summed E-state index contributed by atoms with van der Waals surface area (Å²) < 4.78 is 5.44. The van der Waals surface area contributed by atoms with Gasteiger partial charge in [-0.15, -0.1) is 0 Å². The van der Waals surface area contributed by atoms with Crippen molar-refractivity contribution in [1.29, 1.82) is 0 Å². The van der Waals surface area contributed by atoms with E-state index in [9.17, 15) is 30.0 Å². The lowest BCUT2D eigenvalue weighted by molar-refractivity contribution is -0.154. The molecular formula is C23H34O7. The molecule has 1 fully saturated rings. The molecule has 0 spiro atoms. The highest BCUT2D eigenvalue weighted by atomic mass is 16.6. The van der Waals surface area contributed by atoms with Crippen LogP contribution in [-0.4, -0.2) is 61.7 Å². The monoisotopic (exact) mass is 422 g/mol. The Morgan fingerprint density at radius 3 is 2.43 bits per heavy atom. The highest BCUT2D eigenvalue weighted by Crippen LogP contribution is 2.46. The van der Waals surface area contributed by atoms with E-state index in [1.165, 1.54) is 0 Å². The molecule has 0 heterocycles. The summed E-state index contributed by atoms with van der Waals surface area (Å²) in [7, 11) is 0. The van der Waals surface area contributed by atoms with E-state index in [2.05, 4.69) is 13.2 Å². The van der Waals surface area contributed by atoms with Crippen LogP contribution in [0.1, 0.15) is 40.5 Å². The van der Waals surface area contributed by atoms with Gasteiger partial charge in [0.05, 0.1) is 24.2 Å². The standard InChI is InChI=1S/C23H34O7/c1-7-17(25)30-22(5,6)15-9-8-12(2)21(28)23(29)11-13(3)19(26)18(23)20(27)14(4)16(24)10-15/h7-9,12-13,15-16,18-20,24,26-27,29H,1,4,10-11H2,2-3,5-6H3/b9-8+/t12-,13+,15-,16+,18-,19+,20+,23-/m1/s1. The van der Waals surface area contributed by atoms with Crippen LogP contribution in [0.25, 0.3) is 0 Å². The van der Waals surface area contributed by atoms with Crippen molar-refractivity contribution in [3.63, 3.8) is 0 Å². The lowest BCUT2D eigenvalue weighted by Crippen LogP contribution is -2.52. The van der Waals surface area contributed by atoms with Crippen molar-refractivity contribution in [1.82, 2.24) is 0 Å². The van der Waals surface area contributed by atoms with E-state index >= 15 is 0 Å². The fraction of sp³-hybridized carbons (Fsp3) is 0.652. The molecule has 0 unspecified atom stereocenters. The molecule has 0 saturated heterocycles. The molecule has 0 aromatic rings. The summed E-state index contributed by atoms with van der Waals surface area (Å²) in [5.74, 6) is -3.99. The van der Waals surface area contributed by atoms with Crippen molar-refractivity contribution in [2.75, 3.05) is 0 Å². The SMILES string of the molecule is C=CC(=O)OC(C)(C)[C@@H]1/C=C/[C@@H](C)C(=O)[C@@]2(O)C[C@H](C)[C@H](O)[C@@H]2[C@@H](O)C(=C)[C@@H](O)C1. The minimum absolute atomic E-state index is 0.00169. The quantitative estimate of drug-likeness (QED) is 0.307. The maximum atomic E-state index is 13.2. The minimum atomic E-state index is -1.95. The third-order valence-corrected chi connectivity index (χ3v) is 6.66. The number of carbonyl (C=O) groups is 2. The molecule has 0 radical (unpaired) electrons. The molecule has 30 heavy (non-hydrogen) atoms. The van der Waals surface area contributed by atoms with Gasteiger partial charge in [-0.25, -0.2) is 4.79 Å². The van der Waals surface area contributed by atoms with E-state index in [0.717, 1.165) is 6.08 Å². The zero-order chi connectivity index (χ0) is 23.0. The van der Waals surface area contributed by atoms with Crippen molar-refractivity contribution < 1.29 is 34.8 Å². The van der Waals surface area contributed by atoms with Gasteiger partial charge in [-0.2, -0.15) is 0 Å². The molecule has 0 amide bonds. The zero-order valence-electron chi connectivity index (χ0n) is 18.1. The lowest BCUT2D eigenvalue weighted by atomic mass is 9.76. The van der Waals surface area contributed by atoms with Crippen LogP contribution in [-0.2, 0) is 14.3 Å². The second-order valence-electron chi connectivity index (χ2n) is 9.27. The van der Waals surface area contributed by atoms with Gasteiger partial charge in [0, 0.05) is 17.9 Å². The van der Waals surface area contributed by atoms with Gasteiger partial charge in [0.25, 0.3) is 0 Å². The fourth-order valence-electron chi connectivity index (χ4n) is 4.67. The van der Waals surface area contributed by atoms with Gasteiger partial charge in [-0.1, -0.05) is 39.2 Å². The second kappa shape index (κ2) is 8.75. The molecule has 0 aromatic heterocycles. The largest absolute Gasteiger partial charge is 0.456 e. The number of carbonyl (C=O) groups excluding carboxylic acids is 2. The van der Waals surface area contributed by atoms with Crippen LogP contribution in [0.4, 0.5) is 0 Å². The second-order valence-corrected chi connectivity index (χ2v) is 9.27. The molecule has 2 aliphatic carbocycles. The number of esters is 1. The van der Waals surface area contributed by atoms with Crippen LogP contribution < -0.4 is 0 Å². The normalized spacial score (nSPS) is 41.5. The van der Waals surface area contributed by atoms with E-state index < -0.39 is 64.9 Å². The number of hydrogen-bond acceptors (Lipinski definition) is 7. The number of ether oxygens (including phenoxy) is 1. The van der Waals surface area contributed by atoms with Gasteiger partial charge in [0.15, 0.2) is 5.78 Å². The summed E-state index contributed by atoms with van der Waals surface area (Å²) in [5, 5.41) is 43.5. The van der Waals surface area contributed by atoms with Crippen LogP contribution >= 0.6 is 0 Å². The Hall–Kier alpha value is -1.80. The number of hydrogen-bond donors (Lipinski definition) is 4. The van der Waals surface area contributed by atoms with E-state index in [0.29, 0.717) is 0 Å². The Morgan fingerprint density at radius 2 is 1.87 bits per heavy atom. The Balaban J connectivity index is 2.50. The first-order valence-corrected chi connectivity index (χ1v) is 10.3. The summed E-state index contributed by atoms with van der Waals surface area (Å²) in [6.07, 6.45) is 0.556. The van der Waals surface area contributed by atoms with Crippen molar-refractivity contribution in [2.45, 2.75) is 70.1 Å². The fourth-order valence-corrected chi connectivity index (χ4v) is 4.67. The molecule has 4 N–H and O–H groups in total. The first-order valence-electron chi connectivity index (χ1n) is 10.3. The molecule has 2 aliphatic rings. The third-order valence-electron chi connectivity index (χ3n) is 6.66. The highest BCUT2D eigenvalue weighted by molar-refractivity contribution is 5.91. The zero-order valence-corrected chi connectivity index (χ0v) is 18.1. The average molecular weight is 423 g/mol. The van der Waals surface area contributed by atoms with Crippen molar-refractivity contribution in [3.05, 3.63) is 37.0 Å². The molecule has 2 rings (SSSR count). The van der Waals surface area contributed by atoms with E-state index in [1.807, 2.05) is 0 Å². The number of Topliss-reactive ketones (excluding diaryl/α,β-unsaturated/α-hetero) is 1. The predicted molar refractivity (Wildman–Crippen MR) is 111 cm³/mol. The number of fused-ring (bicyclic) bond motifs is 1. The van der Waals surface area contributed by atoms with E-state index in [-0.39, 0.29) is 18.4 Å². The number of rotatable bonds is 3. The first-order chi connectivity index (χ1) is 13.8. The number of ketones is 1. The maximum absolute atomic E-state index is 13.2. The van der Waals surface area contributed by atoms with Crippen molar-refractivity contribution in [3.8, 4) is 0 Å². The number of aliphatic hydroxyl groups is 4. The summed E-state index contributed by atoms with van der Waals surface area (Å²) in [4.78, 5) is 24.9. The van der Waals surface area contributed by atoms with Crippen molar-refractivity contribution in [2.24, 2.45) is 23.7 Å². The molecule has 0 aromatic carbocycles. The van der Waals surface area contributed by atoms with Gasteiger partial charge in [-0.05, 0) is 38.2 Å². The third kappa shape index (κ3) is 4.44. The Kier molecular flexibility index (Phi) is 7.13. The number of allylic oxidation sites excluding steroid dienone is 1. The molecule has 7 nitrogen and oxygen atoms in total. The van der Waals surface area contributed by atoms with Crippen molar-refractivity contribution >= 4 is 11.8 Å². The highest BCUT2D eigenvalue weighted by Gasteiger charge is 2.59. The predicted octanol–water partition coefficient (Wildman–Crippen LogP) is 1.30. The Bertz CT molecular complexity index is 740. The van der Waals surface area contributed by atoms with E-state index in [1.54, 1.807) is 39.8 Å². The average Bonchev–Trinajstić information content (AvgIpc) is 2.90. The van der Waals surface area contributed by atoms with Crippen LogP contribution in [0.2, 0.25) is 0 Å². The van der Waals surface area contributed by atoms with Crippen LogP contribution in [0, 0.1) is 23.7 Å². The summed E-state index contributed by atoms with van der Waals surface area (Å²) >= 11 is 0. The molecule has 1 saturated carbocycles. The van der Waals surface area contributed by atoms with Gasteiger partial charge in [0.1, 0.15) is 11.2 Å². The van der Waals surface area contributed by atoms with Gasteiger partial charge < -0.3 is 25.2 Å². The van der Waals surface area contributed by atoms with Crippen LogP contribution in [0.3, 0.4) is 0 Å². The molecule has 8 atom stereocenters. The van der Waals surface area contributed by atoms with Gasteiger partial charge in [0.2, 0.25) is 0 Å². The molecular weight excluding hydrogens is 388 g/mol. The van der Waals surface area contributed by atoms with Gasteiger partial charge >= 0.3 is 5.97 Å². The molecule has 0 aliphatic heterocycles. The molecule has 168 valence electrons. The van der Waals surface area contributed by atoms with Crippen LogP contribution in [0.15, 0.2) is 37.0 Å². The Morgan fingerprint density at radius 1 is 1.27 bits per heavy atom. The summed E-state index contributed by atoms with van der Waals surface area (Å²) in [6.45, 7) is 13.9. The van der Waals surface area contributed by atoms with Crippen LogP contribution in [0.5, 0.6) is 0 Å². The summed E-state index contributed by atoms with van der Waals surface area (Å²) in [5.41, 5.74) is -3.00. The molecule has 0 bridgehead atoms. The Labute approximate surface area is 177 Å². The molecule has 7 heteroatoms. The number of aliphatic hydroxyl groups excluding tert-OH is 3. The smallest absolute Gasteiger partial charge is 0.330 e. The topological polar surface area (TPSA) is 124 Å². The summed E-state index contributed by atoms with van der Waals surface area (Å²) in [6, 6.07) is 0. The van der Waals surface area contributed by atoms with E-state index in [4.69, 9.17) is 4.74 Å². The first kappa shape index (κ1) is 24.5. The maximum Gasteiger partial charge on any atom is 0.330 e. The lowest BCUT2D eigenvalue weighted by Gasteiger charge is -2.36. The van der Waals surface area contributed by atoms with Gasteiger partial charge in [-0.3, -0.25) is 4.79 Å².